The van der Waals surface area contributed by atoms with E-state index in [4.69, 9.17) is 27.9 Å². The minimum absolute atomic E-state index is 0. The van der Waals surface area contributed by atoms with E-state index < -0.39 is 0 Å². The zero-order valence-corrected chi connectivity index (χ0v) is 10.8. The van der Waals surface area contributed by atoms with Crippen LogP contribution in [-0.2, 0) is 16.1 Å². The van der Waals surface area contributed by atoms with Gasteiger partial charge in [0.15, 0.2) is 0 Å². The molecular weight excluding hydrogens is 274 g/mol. The van der Waals surface area contributed by atoms with E-state index in [-0.39, 0.29) is 41.8 Å². The van der Waals surface area contributed by atoms with Crippen molar-refractivity contribution in [2.45, 2.75) is 6.61 Å². The van der Waals surface area contributed by atoms with Gasteiger partial charge in [-0.2, -0.15) is 0 Å². The molecule has 0 aliphatic carbocycles. The first-order valence-corrected chi connectivity index (χ1v) is 4.99. The minimum Gasteiger partial charge on any atom is -0.460 e. The van der Waals surface area contributed by atoms with Gasteiger partial charge in [-0.25, -0.2) is 4.98 Å². The molecule has 0 atom stereocenters. The second-order valence-electron chi connectivity index (χ2n) is 2.81. The molecule has 7 heteroatoms. The van der Waals surface area contributed by atoms with E-state index >= 15 is 0 Å². The van der Waals surface area contributed by atoms with Crippen LogP contribution in [0.5, 0.6) is 0 Å². The molecule has 0 aliphatic heterocycles. The lowest BCUT2D eigenvalue weighted by Gasteiger charge is -2.04. The number of nitrogens with one attached hydrogen (secondary N) is 1. The zero-order valence-electron chi connectivity index (χ0n) is 8.50. The van der Waals surface area contributed by atoms with Crippen molar-refractivity contribution in [3.63, 3.8) is 0 Å². The molecule has 1 rings (SSSR count). The Balaban J connectivity index is 0.00000225. The molecule has 16 heavy (non-hydrogen) atoms. The number of pyridine rings is 1. The average molecular weight is 286 g/mol. The molecule has 0 amide bonds. The lowest BCUT2D eigenvalue weighted by atomic mass is 10.3. The topological polar surface area (TPSA) is 51.2 Å². The molecule has 0 saturated heterocycles. The first-order chi connectivity index (χ1) is 7.11. The summed E-state index contributed by atoms with van der Waals surface area (Å²) < 4.78 is 4.93. The molecule has 1 aromatic heterocycles. The minimum atomic E-state index is -0.332. The smallest absolute Gasteiger partial charge is 0.320 e. The molecule has 0 bridgehead atoms. The van der Waals surface area contributed by atoms with Crippen molar-refractivity contribution >= 4 is 41.6 Å². The van der Waals surface area contributed by atoms with Gasteiger partial charge in [-0.1, -0.05) is 23.2 Å². The van der Waals surface area contributed by atoms with Gasteiger partial charge in [-0.15, -0.1) is 12.4 Å². The fraction of sp³-hybridized carbons (Fsp3) is 0.333. The van der Waals surface area contributed by atoms with Crippen molar-refractivity contribution in [2.24, 2.45) is 0 Å². The summed E-state index contributed by atoms with van der Waals surface area (Å²) in [7, 11) is 1.67. The number of hydrogen-bond acceptors (Lipinski definition) is 4. The molecule has 0 aliphatic rings. The van der Waals surface area contributed by atoms with Gasteiger partial charge < -0.3 is 10.1 Å². The Morgan fingerprint density at radius 1 is 1.44 bits per heavy atom. The molecule has 0 unspecified atom stereocenters. The van der Waals surface area contributed by atoms with E-state index in [0.717, 1.165) is 0 Å². The zero-order chi connectivity index (χ0) is 11.3. The Kier molecular flexibility index (Phi) is 7.42. The highest BCUT2D eigenvalue weighted by Crippen LogP contribution is 2.15. The fourth-order valence-corrected chi connectivity index (χ4v) is 1.46. The van der Waals surface area contributed by atoms with Crippen molar-refractivity contribution in [3.05, 3.63) is 28.0 Å². The Hall–Kier alpha value is -0.550. The third-order valence-electron chi connectivity index (χ3n) is 1.54. The summed E-state index contributed by atoms with van der Waals surface area (Å²) in [6.07, 6.45) is 0. The van der Waals surface area contributed by atoms with Crippen LogP contribution in [0.2, 0.25) is 10.3 Å². The first kappa shape index (κ1) is 15.4. The van der Waals surface area contributed by atoms with E-state index in [1.807, 2.05) is 0 Å². The van der Waals surface area contributed by atoms with E-state index in [1.165, 1.54) is 0 Å². The highest BCUT2D eigenvalue weighted by atomic mass is 35.5. The van der Waals surface area contributed by atoms with Crippen molar-refractivity contribution in [1.29, 1.82) is 0 Å². The lowest BCUT2D eigenvalue weighted by Crippen LogP contribution is -2.20. The number of likely N-dealkylation sites (N-methyl/N-ethyl adjacent to an activating group) is 1. The van der Waals surface area contributed by atoms with Gasteiger partial charge >= 0.3 is 5.97 Å². The summed E-state index contributed by atoms with van der Waals surface area (Å²) in [4.78, 5) is 14.8. The number of carbonyl (C=O) groups excluding carboxylic acids is 1. The molecule has 0 spiro atoms. The van der Waals surface area contributed by atoms with E-state index in [2.05, 4.69) is 10.3 Å². The number of carbonyl (C=O) groups is 1. The summed E-state index contributed by atoms with van der Waals surface area (Å²) in [5.41, 5.74) is 0.712. The highest BCUT2D eigenvalue weighted by Gasteiger charge is 2.03. The maximum Gasteiger partial charge on any atom is 0.320 e. The van der Waals surface area contributed by atoms with E-state index in [1.54, 1.807) is 19.2 Å². The van der Waals surface area contributed by atoms with Gasteiger partial charge in [0.25, 0.3) is 0 Å². The molecule has 1 aromatic rings. The number of esters is 1. The average Bonchev–Trinajstić information content (AvgIpc) is 2.14. The first-order valence-electron chi connectivity index (χ1n) is 4.24. The van der Waals surface area contributed by atoms with E-state index in [0.29, 0.717) is 5.56 Å². The summed E-state index contributed by atoms with van der Waals surface area (Å²) in [6.45, 7) is 0.315. The quantitative estimate of drug-likeness (QED) is 0.680. The van der Waals surface area contributed by atoms with Crippen molar-refractivity contribution in [1.82, 2.24) is 10.3 Å². The van der Waals surface area contributed by atoms with Gasteiger partial charge in [-0.05, 0) is 24.7 Å². The lowest BCUT2D eigenvalue weighted by molar-refractivity contribution is -0.143. The normalized spacial score (nSPS) is 9.44. The van der Waals surface area contributed by atoms with Crippen molar-refractivity contribution in [2.75, 3.05) is 13.6 Å². The monoisotopic (exact) mass is 284 g/mol. The van der Waals surface area contributed by atoms with Crippen LogP contribution in [0, 0.1) is 0 Å². The van der Waals surface area contributed by atoms with Crippen molar-refractivity contribution < 1.29 is 9.53 Å². The molecule has 1 N–H and O–H groups in total. The molecule has 90 valence electrons. The second-order valence-corrected chi connectivity index (χ2v) is 3.59. The number of halogens is 3. The fourth-order valence-electron chi connectivity index (χ4n) is 0.957. The van der Waals surface area contributed by atoms with Gasteiger partial charge in [0.1, 0.15) is 16.9 Å². The predicted octanol–water partition coefficient (Wildman–Crippen LogP) is 2.07. The van der Waals surface area contributed by atoms with Crippen LogP contribution in [-0.4, -0.2) is 24.5 Å². The van der Waals surface area contributed by atoms with Crippen LogP contribution in [0.3, 0.4) is 0 Å². The van der Waals surface area contributed by atoms with Crippen LogP contribution in [0.25, 0.3) is 0 Å². The predicted molar refractivity (Wildman–Crippen MR) is 65.2 cm³/mol. The largest absolute Gasteiger partial charge is 0.460 e. The summed E-state index contributed by atoms with van der Waals surface area (Å²) in [5, 5.41) is 3.25. The SMILES string of the molecule is CNCC(=O)OCc1cc(Cl)nc(Cl)c1.Cl. The number of aromatic nitrogens is 1. The molecule has 0 radical (unpaired) electrons. The van der Waals surface area contributed by atoms with Crippen LogP contribution < -0.4 is 5.32 Å². The molecule has 1 heterocycles. The summed E-state index contributed by atoms with van der Waals surface area (Å²) in [6, 6.07) is 3.19. The van der Waals surface area contributed by atoms with Crippen molar-refractivity contribution in [3.8, 4) is 0 Å². The molecular formula is C9H11Cl3N2O2. The molecule has 0 aromatic carbocycles. The maximum atomic E-state index is 11.0. The van der Waals surface area contributed by atoms with E-state index in [9.17, 15) is 4.79 Å². The van der Waals surface area contributed by atoms with Crippen LogP contribution >= 0.6 is 35.6 Å². The van der Waals surface area contributed by atoms with Gasteiger partial charge in [0.05, 0.1) is 6.54 Å². The van der Waals surface area contributed by atoms with Crippen LogP contribution in [0.15, 0.2) is 12.1 Å². The number of hydrogen-bond donors (Lipinski definition) is 1. The third kappa shape index (κ3) is 5.51. The number of ether oxygens (including phenoxy) is 1. The Morgan fingerprint density at radius 3 is 2.50 bits per heavy atom. The van der Waals surface area contributed by atoms with Crippen LogP contribution in [0.1, 0.15) is 5.56 Å². The Morgan fingerprint density at radius 2 is 2.00 bits per heavy atom. The number of nitrogens with zero attached hydrogens (tertiary/aromatic N) is 1. The summed E-state index contributed by atoms with van der Waals surface area (Å²) >= 11 is 11.4. The van der Waals surface area contributed by atoms with Gasteiger partial charge in [0, 0.05) is 0 Å². The number of rotatable bonds is 4. The van der Waals surface area contributed by atoms with Crippen LogP contribution in [0.4, 0.5) is 0 Å². The maximum absolute atomic E-state index is 11.0. The van der Waals surface area contributed by atoms with Gasteiger partial charge in [0.2, 0.25) is 0 Å². The molecule has 0 saturated carbocycles. The Bertz CT molecular complexity index is 340. The molecule has 0 fully saturated rings. The molecule has 4 nitrogen and oxygen atoms in total. The second kappa shape index (κ2) is 7.68. The highest BCUT2D eigenvalue weighted by molar-refractivity contribution is 6.32. The van der Waals surface area contributed by atoms with Gasteiger partial charge in [-0.3, -0.25) is 4.79 Å². The summed E-state index contributed by atoms with van der Waals surface area (Å²) in [5.74, 6) is -0.332. The third-order valence-corrected chi connectivity index (χ3v) is 1.93. The Labute approximate surface area is 110 Å². The standard InChI is InChI=1S/C9H10Cl2N2O2.ClH/c1-12-4-9(14)15-5-6-2-7(10)13-8(11)3-6;/h2-3,12H,4-5H2,1H3;1H.